The number of rotatable bonds is 6. The van der Waals surface area contributed by atoms with Gasteiger partial charge < -0.3 is 15.8 Å². The minimum Gasteiger partial charge on any atom is -0.399 e. The zero-order chi connectivity index (χ0) is 17.5. The highest BCUT2D eigenvalue weighted by Crippen LogP contribution is 2.10. The highest BCUT2D eigenvalue weighted by atomic mass is 35.5. The lowest BCUT2D eigenvalue weighted by Gasteiger charge is -2.26. The van der Waals surface area contributed by atoms with E-state index in [-0.39, 0.29) is 30.7 Å². The lowest BCUT2D eigenvalue weighted by molar-refractivity contribution is -0.120. The minimum atomic E-state index is 0. The highest BCUT2D eigenvalue weighted by molar-refractivity contribution is 5.85. The average molecular weight is 412 g/mol. The molecule has 0 atom stereocenters. The average Bonchev–Trinajstić information content (AvgIpc) is 2.63. The van der Waals surface area contributed by atoms with E-state index in [1.165, 1.54) is 5.56 Å². The lowest BCUT2D eigenvalue weighted by Crippen LogP contribution is -2.35. The third-order valence-electron chi connectivity index (χ3n) is 4.34. The fraction of sp³-hybridized carbons (Fsp3) is 0.350. The molecule has 3 N–H and O–H groups in total. The SMILES string of the molecule is Cl.Cl.Nc1ccc(CC(=O)NCc2cccc(CN3CCOCC3)c2)cc1. The van der Waals surface area contributed by atoms with Gasteiger partial charge in [0.15, 0.2) is 0 Å². The molecule has 1 fully saturated rings. The van der Waals surface area contributed by atoms with Crippen LogP contribution >= 0.6 is 24.8 Å². The topological polar surface area (TPSA) is 67.6 Å². The smallest absolute Gasteiger partial charge is 0.224 e. The van der Waals surface area contributed by atoms with E-state index in [9.17, 15) is 4.79 Å². The van der Waals surface area contributed by atoms with Crippen molar-refractivity contribution in [3.05, 3.63) is 65.2 Å². The summed E-state index contributed by atoms with van der Waals surface area (Å²) in [5, 5.41) is 2.99. The van der Waals surface area contributed by atoms with Gasteiger partial charge in [-0.25, -0.2) is 0 Å². The second-order valence-electron chi connectivity index (χ2n) is 6.40. The number of hydrogen-bond acceptors (Lipinski definition) is 4. The molecule has 1 heterocycles. The van der Waals surface area contributed by atoms with E-state index in [2.05, 4.69) is 28.4 Å². The van der Waals surface area contributed by atoms with Crippen molar-refractivity contribution in [1.29, 1.82) is 0 Å². The fourth-order valence-electron chi connectivity index (χ4n) is 2.94. The summed E-state index contributed by atoms with van der Waals surface area (Å²) in [6, 6.07) is 15.8. The van der Waals surface area contributed by atoms with E-state index in [4.69, 9.17) is 10.5 Å². The maximum atomic E-state index is 12.1. The predicted molar refractivity (Wildman–Crippen MR) is 113 cm³/mol. The number of nitrogens with one attached hydrogen (secondary N) is 1. The number of ether oxygens (including phenoxy) is 1. The first-order chi connectivity index (χ1) is 12.2. The standard InChI is InChI=1S/C20H25N3O2.2ClH/c21-19-6-4-16(5-7-19)13-20(24)22-14-17-2-1-3-18(12-17)15-23-8-10-25-11-9-23;;/h1-7,12H,8-11,13-15,21H2,(H,22,24);2*1H. The van der Waals surface area contributed by atoms with Crippen LogP contribution in [0.2, 0.25) is 0 Å². The van der Waals surface area contributed by atoms with Gasteiger partial charge in [0.2, 0.25) is 5.91 Å². The molecule has 0 bridgehead atoms. The van der Waals surface area contributed by atoms with E-state index < -0.39 is 0 Å². The molecule has 27 heavy (non-hydrogen) atoms. The van der Waals surface area contributed by atoms with Gasteiger partial charge in [-0.05, 0) is 28.8 Å². The number of nitrogens with zero attached hydrogens (tertiary/aromatic N) is 1. The summed E-state index contributed by atoms with van der Waals surface area (Å²) in [6.07, 6.45) is 0.369. The maximum absolute atomic E-state index is 12.1. The minimum absolute atomic E-state index is 0. The van der Waals surface area contributed by atoms with Crippen LogP contribution in [0, 0.1) is 0 Å². The molecule has 7 heteroatoms. The molecule has 3 rings (SSSR count). The number of hydrogen-bond donors (Lipinski definition) is 2. The van der Waals surface area contributed by atoms with Crippen LogP contribution in [0.4, 0.5) is 5.69 Å². The van der Waals surface area contributed by atoms with Gasteiger partial charge in [-0.15, -0.1) is 24.8 Å². The molecule has 2 aromatic rings. The van der Waals surface area contributed by atoms with Gasteiger partial charge in [0.1, 0.15) is 0 Å². The van der Waals surface area contributed by atoms with Crippen molar-refractivity contribution >= 4 is 36.4 Å². The van der Waals surface area contributed by atoms with Crippen LogP contribution < -0.4 is 11.1 Å². The first-order valence-electron chi connectivity index (χ1n) is 8.68. The van der Waals surface area contributed by atoms with Crippen molar-refractivity contribution in [2.45, 2.75) is 19.5 Å². The Bertz CT molecular complexity index is 705. The Morgan fingerprint density at radius 3 is 2.37 bits per heavy atom. The van der Waals surface area contributed by atoms with E-state index in [0.717, 1.165) is 44.0 Å². The summed E-state index contributed by atoms with van der Waals surface area (Å²) in [5.74, 6) is 0.0170. The van der Waals surface area contributed by atoms with Crippen LogP contribution in [0.1, 0.15) is 16.7 Å². The summed E-state index contributed by atoms with van der Waals surface area (Å²) < 4.78 is 5.39. The zero-order valence-corrected chi connectivity index (χ0v) is 16.9. The number of anilines is 1. The van der Waals surface area contributed by atoms with E-state index in [1.807, 2.05) is 30.3 Å². The van der Waals surface area contributed by atoms with Gasteiger partial charge >= 0.3 is 0 Å². The fourth-order valence-corrected chi connectivity index (χ4v) is 2.94. The number of nitrogens with two attached hydrogens (primary N) is 1. The number of nitrogen functional groups attached to an aromatic ring is 1. The van der Waals surface area contributed by atoms with Crippen molar-refractivity contribution in [1.82, 2.24) is 10.2 Å². The molecule has 2 aromatic carbocycles. The molecule has 1 saturated heterocycles. The second kappa shape index (κ2) is 11.8. The molecule has 0 saturated carbocycles. The van der Waals surface area contributed by atoms with Crippen LogP contribution in [-0.2, 0) is 29.0 Å². The summed E-state index contributed by atoms with van der Waals surface area (Å²) in [4.78, 5) is 14.5. The molecular formula is C20H27Cl2N3O2. The third-order valence-corrected chi connectivity index (χ3v) is 4.34. The molecule has 0 radical (unpaired) electrons. The van der Waals surface area contributed by atoms with E-state index in [1.54, 1.807) is 0 Å². The molecular weight excluding hydrogens is 385 g/mol. The third kappa shape index (κ3) is 7.77. The summed E-state index contributed by atoms with van der Waals surface area (Å²) in [5.41, 5.74) is 9.73. The maximum Gasteiger partial charge on any atom is 0.224 e. The van der Waals surface area contributed by atoms with Crippen molar-refractivity contribution in [2.75, 3.05) is 32.0 Å². The Hall–Kier alpha value is -1.79. The van der Waals surface area contributed by atoms with Crippen LogP contribution in [0.5, 0.6) is 0 Å². The summed E-state index contributed by atoms with van der Waals surface area (Å²) in [7, 11) is 0. The lowest BCUT2D eigenvalue weighted by atomic mass is 10.1. The zero-order valence-electron chi connectivity index (χ0n) is 15.2. The van der Waals surface area contributed by atoms with Crippen molar-refractivity contribution in [3.63, 3.8) is 0 Å². The van der Waals surface area contributed by atoms with Gasteiger partial charge in [-0.1, -0.05) is 36.4 Å². The Kier molecular flexibility index (Phi) is 10.2. The highest BCUT2D eigenvalue weighted by Gasteiger charge is 2.11. The molecule has 0 aromatic heterocycles. The van der Waals surface area contributed by atoms with Gasteiger partial charge in [0.25, 0.3) is 0 Å². The molecule has 0 spiro atoms. The summed E-state index contributed by atoms with van der Waals surface area (Å²) >= 11 is 0. The quantitative estimate of drug-likeness (QED) is 0.717. The normalized spacial score (nSPS) is 13.9. The van der Waals surface area contributed by atoms with E-state index in [0.29, 0.717) is 18.7 Å². The van der Waals surface area contributed by atoms with Gasteiger partial charge in [0, 0.05) is 31.9 Å². The van der Waals surface area contributed by atoms with Crippen LogP contribution in [0.15, 0.2) is 48.5 Å². The van der Waals surface area contributed by atoms with Gasteiger partial charge in [-0.2, -0.15) is 0 Å². The van der Waals surface area contributed by atoms with E-state index >= 15 is 0 Å². The second-order valence-corrected chi connectivity index (χ2v) is 6.40. The van der Waals surface area contributed by atoms with Crippen molar-refractivity contribution in [2.24, 2.45) is 0 Å². The number of benzene rings is 2. The van der Waals surface area contributed by atoms with Crippen LogP contribution in [0.3, 0.4) is 0 Å². The first kappa shape index (κ1) is 23.2. The molecule has 148 valence electrons. The molecule has 5 nitrogen and oxygen atoms in total. The Morgan fingerprint density at radius 1 is 1.00 bits per heavy atom. The van der Waals surface area contributed by atoms with Crippen molar-refractivity contribution in [3.8, 4) is 0 Å². The van der Waals surface area contributed by atoms with Crippen LogP contribution in [0.25, 0.3) is 0 Å². The number of carbonyl (C=O) groups is 1. The predicted octanol–water partition coefficient (Wildman–Crippen LogP) is 2.80. The molecule has 0 aliphatic carbocycles. The molecule has 1 amide bonds. The van der Waals surface area contributed by atoms with Crippen molar-refractivity contribution < 1.29 is 9.53 Å². The number of halogens is 2. The van der Waals surface area contributed by atoms with Crippen LogP contribution in [-0.4, -0.2) is 37.1 Å². The monoisotopic (exact) mass is 411 g/mol. The Morgan fingerprint density at radius 2 is 1.67 bits per heavy atom. The largest absolute Gasteiger partial charge is 0.399 e. The molecule has 1 aliphatic heterocycles. The number of carbonyl (C=O) groups excluding carboxylic acids is 1. The number of amides is 1. The Balaban J connectivity index is 0.00000182. The van der Waals surface area contributed by atoms with Gasteiger partial charge in [0.05, 0.1) is 19.6 Å². The molecule has 0 unspecified atom stereocenters. The number of morpholine rings is 1. The first-order valence-corrected chi connectivity index (χ1v) is 8.68. The molecule has 1 aliphatic rings. The Labute approximate surface area is 173 Å². The van der Waals surface area contributed by atoms with Gasteiger partial charge in [-0.3, -0.25) is 9.69 Å². The summed E-state index contributed by atoms with van der Waals surface area (Å²) in [6.45, 7) is 5.04.